The third kappa shape index (κ3) is 2.72. The number of hydrogen-bond acceptors (Lipinski definition) is 5. The standard InChI is InChI=1S/C8H11F3N4O3S/c9-8(10,11)7-13-12-6-5-14(1-2-15(6)7)19(17,18)4-3-16/h16H,1-5H2. The first-order chi connectivity index (χ1) is 8.75. The van der Waals surface area contributed by atoms with Crippen molar-refractivity contribution < 1.29 is 26.7 Å². The largest absolute Gasteiger partial charge is 0.451 e. The number of rotatable bonds is 3. The fourth-order valence-electron chi connectivity index (χ4n) is 1.83. The van der Waals surface area contributed by atoms with Crippen molar-refractivity contribution in [2.75, 3.05) is 18.9 Å². The molecule has 0 fully saturated rings. The highest BCUT2D eigenvalue weighted by molar-refractivity contribution is 7.89. The molecule has 1 N–H and O–H groups in total. The molecule has 0 aliphatic carbocycles. The minimum Gasteiger partial charge on any atom is -0.395 e. The molecule has 0 saturated heterocycles. The molecule has 0 unspecified atom stereocenters. The number of halogens is 3. The summed E-state index contributed by atoms with van der Waals surface area (Å²) in [5.41, 5.74) is 0. The number of aliphatic hydroxyl groups excluding tert-OH is 1. The van der Waals surface area contributed by atoms with Crippen LogP contribution in [-0.4, -0.2) is 51.5 Å². The van der Waals surface area contributed by atoms with Gasteiger partial charge in [0.05, 0.1) is 18.9 Å². The quantitative estimate of drug-likeness (QED) is 0.808. The molecular weight excluding hydrogens is 289 g/mol. The fraction of sp³-hybridized carbons (Fsp3) is 0.750. The molecule has 0 saturated carbocycles. The molecule has 0 spiro atoms. The molecule has 0 radical (unpaired) electrons. The van der Waals surface area contributed by atoms with E-state index in [9.17, 15) is 21.6 Å². The second kappa shape index (κ2) is 4.72. The SMILES string of the molecule is O=S(=O)(CCO)N1CCn2c(nnc2C(F)(F)F)C1. The van der Waals surface area contributed by atoms with E-state index >= 15 is 0 Å². The van der Waals surface area contributed by atoms with Crippen LogP contribution in [0.1, 0.15) is 11.6 Å². The maximum absolute atomic E-state index is 12.6. The third-order valence-electron chi connectivity index (χ3n) is 2.71. The van der Waals surface area contributed by atoms with E-state index < -0.39 is 34.4 Å². The summed E-state index contributed by atoms with van der Waals surface area (Å²) in [7, 11) is -3.68. The van der Waals surface area contributed by atoms with E-state index in [0.29, 0.717) is 0 Å². The van der Waals surface area contributed by atoms with Crippen molar-refractivity contribution >= 4 is 10.0 Å². The van der Waals surface area contributed by atoms with Gasteiger partial charge in [0.25, 0.3) is 0 Å². The summed E-state index contributed by atoms with van der Waals surface area (Å²) in [6.45, 7) is -1.08. The van der Waals surface area contributed by atoms with E-state index in [2.05, 4.69) is 10.2 Å². The topological polar surface area (TPSA) is 88.3 Å². The van der Waals surface area contributed by atoms with Gasteiger partial charge in [-0.25, -0.2) is 8.42 Å². The first-order valence-corrected chi connectivity index (χ1v) is 6.94. The van der Waals surface area contributed by atoms with E-state index in [1.165, 1.54) is 0 Å². The summed E-state index contributed by atoms with van der Waals surface area (Å²) >= 11 is 0. The Hall–Kier alpha value is -1.20. The molecule has 1 aliphatic heterocycles. The molecule has 1 aliphatic rings. The summed E-state index contributed by atoms with van der Waals surface area (Å²) in [4.78, 5) is 0. The Morgan fingerprint density at radius 1 is 1.26 bits per heavy atom. The summed E-state index contributed by atoms with van der Waals surface area (Å²) in [5, 5.41) is 15.1. The predicted molar refractivity (Wildman–Crippen MR) is 56.3 cm³/mol. The Bertz CT molecular complexity index is 568. The summed E-state index contributed by atoms with van der Waals surface area (Å²) in [6, 6.07) is 0. The Balaban J connectivity index is 2.25. The monoisotopic (exact) mass is 300 g/mol. The van der Waals surface area contributed by atoms with Gasteiger partial charge in [0, 0.05) is 13.1 Å². The van der Waals surface area contributed by atoms with Crippen molar-refractivity contribution in [3.05, 3.63) is 11.6 Å². The lowest BCUT2D eigenvalue weighted by Gasteiger charge is -2.27. The molecule has 2 heterocycles. The molecule has 1 aromatic rings. The van der Waals surface area contributed by atoms with Crippen molar-refractivity contribution in [1.82, 2.24) is 19.1 Å². The van der Waals surface area contributed by atoms with Crippen LogP contribution in [0.25, 0.3) is 0 Å². The molecule has 2 rings (SSSR count). The van der Waals surface area contributed by atoms with Crippen LogP contribution in [-0.2, 0) is 29.3 Å². The van der Waals surface area contributed by atoms with Gasteiger partial charge in [-0.15, -0.1) is 10.2 Å². The van der Waals surface area contributed by atoms with Crippen LogP contribution < -0.4 is 0 Å². The van der Waals surface area contributed by atoms with Gasteiger partial charge in [0.15, 0.2) is 0 Å². The molecule has 108 valence electrons. The van der Waals surface area contributed by atoms with Crippen molar-refractivity contribution in [3.63, 3.8) is 0 Å². The zero-order chi connectivity index (χ0) is 14.3. The first kappa shape index (κ1) is 14.2. The number of aromatic nitrogens is 3. The van der Waals surface area contributed by atoms with Gasteiger partial charge in [-0.1, -0.05) is 0 Å². The molecule has 11 heteroatoms. The number of sulfonamides is 1. The van der Waals surface area contributed by atoms with Gasteiger partial charge in [-0.05, 0) is 0 Å². The van der Waals surface area contributed by atoms with Crippen molar-refractivity contribution in [3.8, 4) is 0 Å². The van der Waals surface area contributed by atoms with Crippen molar-refractivity contribution in [2.24, 2.45) is 0 Å². The smallest absolute Gasteiger partial charge is 0.395 e. The van der Waals surface area contributed by atoms with Crippen LogP contribution in [0.4, 0.5) is 13.2 Å². The highest BCUT2D eigenvalue weighted by Gasteiger charge is 2.40. The van der Waals surface area contributed by atoms with Gasteiger partial charge < -0.3 is 9.67 Å². The maximum Gasteiger partial charge on any atom is 0.451 e. The lowest BCUT2D eigenvalue weighted by molar-refractivity contribution is -0.147. The van der Waals surface area contributed by atoms with Crippen molar-refractivity contribution in [2.45, 2.75) is 19.3 Å². The molecule has 19 heavy (non-hydrogen) atoms. The van der Waals surface area contributed by atoms with E-state index in [1.54, 1.807) is 0 Å². The van der Waals surface area contributed by atoms with Gasteiger partial charge >= 0.3 is 6.18 Å². The second-order valence-electron chi connectivity index (χ2n) is 3.96. The average Bonchev–Trinajstić information content (AvgIpc) is 2.70. The van der Waals surface area contributed by atoms with Gasteiger partial charge in [0.1, 0.15) is 5.82 Å². The zero-order valence-corrected chi connectivity index (χ0v) is 10.4. The van der Waals surface area contributed by atoms with Gasteiger partial charge in [-0.3, -0.25) is 0 Å². The number of aliphatic hydroxyl groups is 1. The lowest BCUT2D eigenvalue weighted by atomic mass is 10.4. The van der Waals surface area contributed by atoms with Crippen LogP contribution in [0.3, 0.4) is 0 Å². The van der Waals surface area contributed by atoms with Crippen LogP contribution in [0.15, 0.2) is 0 Å². The molecule has 0 bridgehead atoms. The number of fused-ring (bicyclic) bond motifs is 1. The average molecular weight is 300 g/mol. The molecule has 0 amide bonds. The Morgan fingerprint density at radius 3 is 2.53 bits per heavy atom. The normalized spacial score (nSPS) is 17.5. The highest BCUT2D eigenvalue weighted by atomic mass is 32.2. The van der Waals surface area contributed by atoms with Crippen LogP contribution >= 0.6 is 0 Å². The third-order valence-corrected chi connectivity index (χ3v) is 4.51. The predicted octanol–water partition coefficient (Wildman–Crippen LogP) is -0.565. The number of hydrogen-bond donors (Lipinski definition) is 1. The number of alkyl halides is 3. The minimum atomic E-state index is -4.61. The van der Waals surface area contributed by atoms with Crippen LogP contribution in [0.5, 0.6) is 0 Å². The fourth-order valence-corrected chi connectivity index (χ4v) is 2.99. The Kier molecular flexibility index (Phi) is 3.53. The maximum atomic E-state index is 12.6. The van der Waals surface area contributed by atoms with E-state index in [1.807, 2.05) is 0 Å². The molecule has 7 nitrogen and oxygen atoms in total. The molecule has 0 aromatic carbocycles. The summed E-state index contributed by atoms with van der Waals surface area (Å²) in [6.07, 6.45) is -4.61. The van der Waals surface area contributed by atoms with Crippen molar-refractivity contribution in [1.29, 1.82) is 0 Å². The van der Waals surface area contributed by atoms with E-state index in [-0.39, 0.29) is 25.5 Å². The minimum absolute atomic E-state index is 0.0555. The van der Waals surface area contributed by atoms with Gasteiger partial charge in [0.2, 0.25) is 15.8 Å². The zero-order valence-electron chi connectivity index (χ0n) is 9.63. The Morgan fingerprint density at radius 2 is 1.95 bits per heavy atom. The second-order valence-corrected chi connectivity index (χ2v) is 6.05. The van der Waals surface area contributed by atoms with E-state index in [4.69, 9.17) is 5.11 Å². The number of nitrogens with zero attached hydrogens (tertiary/aromatic N) is 4. The van der Waals surface area contributed by atoms with Gasteiger partial charge in [-0.2, -0.15) is 17.5 Å². The molecule has 0 atom stereocenters. The van der Waals surface area contributed by atoms with Crippen LogP contribution in [0, 0.1) is 0 Å². The Labute approximate surface area is 106 Å². The summed E-state index contributed by atoms with van der Waals surface area (Å²) < 4.78 is 62.9. The molecular formula is C8H11F3N4O3S. The summed E-state index contributed by atoms with van der Waals surface area (Å²) in [5.74, 6) is -1.64. The highest BCUT2D eigenvalue weighted by Crippen LogP contribution is 2.29. The van der Waals surface area contributed by atoms with E-state index in [0.717, 1.165) is 8.87 Å². The first-order valence-electron chi connectivity index (χ1n) is 5.33. The lowest BCUT2D eigenvalue weighted by Crippen LogP contribution is -2.40. The molecule has 1 aromatic heterocycles. The van der Waals surface area contributed by atoms with Crippen LogP contribution in [0.2, 0.25) is 0 Å².